The van der Waals surface area contributed by atoms with Gasteiger partial charge in [-0.15, -0.1) is 0 Å². The molecule has 1 aromatic rings. The summed E-state index contributed by atoms with van der Waals surface area (Å²) >= 11 is 0. The molecule has 0 unspecified atom stereocenters. The number of amides is 2. The Kier molecular flexibility index (Phi) is 4.85. The Labute approximate surface area is 147 Å². The SMILES string of the molecule is CC(C)(C)OC(=O)N1O[C@H]2C[C@@H]1CN(C(=O)OCc1ccccc1)C2. The number of benzene rings is 1. The van der Waals surface area contributed by atoms with Crippen molar-refractivity contribution >= 4 is 12.2 Å². The number of fused-ring (bicyclic) bond motifs is 2. The molecular formula is C18H24N2O5. The van der Waals surface area contributed by atoms with Crippen LogP contribution in [0.1, 0.15) is 32.8 Å². The van der Waals surface area contributed by atoms with Gasteiger partial charge in [-0.2, -0.15) is 5.06 Å². The van der Waals surface area contributed by atoms with E-state index < -0.39 is 17.8 Å². The summed E-state index contributed by atoms with van der Waals surface area (Å²) < 4.78 is 10.7. The smallest absolute Gasteiger partial charge is 0.434 e. The van der Waals surface area contributed by atoms with Gasteiger partial charge in [-0.1, -0.05) is 30.3 Å². The van der Waals surface area contributed by atoms with Crippen molar-refractivity contribution < 1.29 is 23.9 Å². The van der Waals surface area contributed by atoms with Crippen LogP contribution in [-0.2, 0) is 20.9 Å². The lowest BCUT2D eigenvalue weighted by Gasteiger charge is -2.30. The molecule has 2 atom stereocenters. The third-order valence-electron chi connectivity index (χ3n) is 4.02. The maximum Gasteiger partial charge on any atom is 0.434 e. The van der Waals surface area contributed by atoms with Crippen molar-refractivity contribution in [2.45, 2.75) is 51.5 Å². The van der Waals surface area contributed by atoms with Crippen LogP contribution >= 0.6 is 0 Å². The standard InChI is InChI=1S/C18H24N2O5/c1-18(2,3)24-17(22)20-14-9-15(25-20)11-19(10-14)16(21)23-12-13-7-5-4-6-8-13/h4-8,14-15H,9-12H2,1-3H3/t14-,15+/m1/s1. The monoisotopic (exact) mass is 348 g/mol. The molecule has 3 rings (SSSR count). The first kappa shape index (κ1) is 17.5. The first-order chi connectivity index (χ1) is 11.8. The molecule has 0 aliphatic carbocycles. The second-order valence-corrected chi connectivity index (χ2v) is 7.37. The van der Waals surface area contributed by atoms with Crippen LogP contribution < -0.4 is 0 Å². The summed E-state index contributed by atoms with van der Waals surface area (Å²) in [6, 6.07) is 9.31. The molecule has 2 aliphatic heterocycles. The number of carbonyl (C=O) groups excluding carboxylic acids is 2. The Bertz CT molecular complexity index is 628. The largest absolute Gasteiger partial charge is 0.445 e. The molecule has 2 fully saturated rings. The number of carbonyl (C=O) groups is 2. The first-order valence-electron chi connectivity index (χ1n) is 8.46. The molecule has 0 spiro atoms. The predicted molar refractivity (Wildman–Crippen MR) is 89.6 cm³/mol. The molecule has 2 saturated heterocycles. The van der Waals surface area contributed by atoms with Crippen molar-refractivity contribution in [3.8, 4) is 0 Å². The fourth-order valence-electron chi connectivity index (χ4n) is 2.98. The van der Waals surface area contributed by atoms with Gasteiger partial charge in [0.05, 0.1) is 12.6 Å². The Balaban J connectivity index is 1.55. The summed E-state index contributed by atoms with van der Waals surface area (Å²) in [6.07, 6.45) is -0.426. The number of piperidine rings is 1. The van der Waals surface area contributed by atoms with Crippen molar-refractivity contribution in [2.24, 2.45) is 0 Å². The second kappa shape index (κ2) is 6.92. The van der Waals surface area contributed by atoms with Gasteiger partial charge in [-0.25, -0.2) is 9.59 Å². The van der Waals surface area contributed by atoms with Crippen LogP contribution in [0.2, 0.25) is 0 Å². The topological polar surface area (TPSA) is 68.3 Å². The summed E-state index contributed by atoms with van der Waals surface area (Å²) in [7, 11) is 0. The van der Waals surface area contributed by atoms with Gasteiger partial charge in [0, 0.05) is 13.0 Å². The average molecular weight is 348 g/mol. The molecule has 0 aromatic heterocycles. The average Bonchev–Trinajstić information content (AvgIpc) is 2.86. The van der Waals surface area contributed by atoms with Gasteiger partial charge in [-0.05, 0) is 26.3 Å². The fraction of sp³-hybridized carbons (Fsp3) is 0.556. The second-order valence-electron chi connectivity index (χ2n) is 7.37. The Morgan fingerprint density at radius 2 is 1.88 bits per heavy atom. The molecule has 2 heterocycles. The highest BCUT2D eigenvalue weighted by Crippen LogP contribution is 2.29. The Hall–Kier alpha value is -2.28. The van der Waals surface area contributed by atoms with Crippen LogP contribution in [0.4, 0.5) is 9.59 Å². The van der Waals surface area contributed by atoms with E-state index in [4.69, 9.17) is 14.3 Å². The molecule has 7 heteroatoms. The summed E-state index contributed by atoms with van der Waals surface area (Å²) in [5.41, 5.74) is 0.341. The molecule has 2 aliphatic rings. The highest BCUT2D eigenvalue weighted by atomic mass is 16.7. The lowest BCUT2D eigenvalue weighted by molar-refractivity contribution is -0.141. The zero-order chi connectivity index (χ0) is 18.0. The van der Waals surface area contributed by atoms with E-state index in [0.29, 0.717) is 19.5 Å². The van der Waals surface area contributed by atoms with Gasteiger partial charge in [0.15, 0.2) is 0 Å². The summed E-state index contributed by atoms with van der Waals surface area (Å²) in [5.74, 6) is 0. The van der Waals surface area contributed by atoms with Gasteiger partial charge in [-0.3, -0.25) is 4.84 Å². The van der Waals surface area contributed by atoms with E-state index in [0.717, 1.165) is 5.56 Å². The van der Waals surface area contributed by atoms with Crippen LogP contribution in [0.25, 0.3) is 0 Å². The van der Waals surface area contributed by atoms with Gasteiger partial charge >= 0.3 is 12.2 Å². The van der Waals surface area contributed by atoms with Crippen molar-refractivity contribution in [2.75, 3.05) is 13.1 Å². The first-order valence-corrected chi connectivity index (χ1v) is 8.46. The summed E-state index contributed by atoms with van der Waals surface area (Å²) in [6.45, 7) is 6.43. The molecule has 25 heavy (non-hydrogen) atoms. The van der Waals surface area contributed by atoms with Crippen LogP contribution in [0.3, 0.4) is 0 Å². The number of ether oxygens (including phenoxy) is 2. The third-order valence-corrected chi connectivity index (χ3v) is 4.02. The minimum Gasteiger partial charge on any atom is -0.445 e. The van der Waals surface area contributed by atoms with E-state index in [1.807, 2.05) is 30.3 Å². The van der Waals surface area contributed by atoms with E-state index in [1.165, 1.54) is 5.06 Å². The molecule has 0 N–H and O–H groups in total. The normalized spacial score (nSPS) is 22.7. The van der Waals surface area contributed by atoms with E-state index in [9.17, 15) is 9.59 Å². The van der Waals surface area contributed by atoms with Crippen molar-refractivity contribution in [1.82, 2.24) is 9.96 Å². The number of hydrogen-bond acceptors (Lipinski definition) is 5. The van der Waals surface area contributed by atoms with Gasteiger partial charge < -0.3 is 14.4 Å². The molecule has 0 saturated carbocycles. The van der Waals surface area contributed by atoms with Crippen LogP contribution in [0, 0.1) is 0 Å². The van der Waals surface area contributed by atoms with E-state index in [1.54, 1.807) is 25.7 Å². The maximum atomic E-state index is 12.3. The van der Waals surface area contributed by atoms with Crippen LogP contribution in [0.15, 0.2) is 30.3 Å². The van der Waals surface area contributed by atoms with Crippen molar-refractivity contribution in [3.63, 3.8) is 0 Å². The fourth-order valence-corrected chi connectivity index (χ4v) is 2.98. The van der Waals surface area contributed by atoms with Crippen molar-refractivity contribution in [3.05, 3.63) is 35.9 Å². The van der Waals surface area contributed by atoms with E-state index >= 15 is 0 Å². The number of nitrogens with zero attached hydrogens (tertiary/aromatic N) is 2. The Morgan fingerprint density at radius 3 is 2.56 bits per heavy atom. The van der Waals surface area contributed by atoms with Gasteiger partial charge in [0.2, 0.25) is 0 Å². The summed E-state index contributed by atoms with van der Waals surface area (Å²) in [5, 5.41) is 1.26. The van der Waals surface area contributed by atoms with Gasteiger partial charge in [0.1, 0.15) is 18.3 Å². The Morgan fingerprint density at radius 1 is 1.16 bits per heavy atom. The lowest BCUT2D eigenvalue weighted by Crippen LogP contribution is -2.48. The third kappa shape index (κ3) is 4.42. The van der Waals surface area contributed by atoms with Crippen molar-refractivity contribution in [1.29, 1.82) is 0 Å². The number of hydroxylamine groups is 2. The van der Waals surface area contributed by atoms with Crippen LogP contribution in [0.5, 0.6) is 0 Å². The zero-order valence-electron chi connectivity index (χ0n) is 14.8. The highest BCUT2D eigenvalue weighted by molar-refractivity contribution is 5.70. The van der Waals surface area contributed by atoms with Crippen LogP contribution in [-0.4, -0.2) is 53.0 Å². The van der Waals surface area contributed by atoms with Gasteiger partial charge in [0.25, 0.3) is 0 Å². The minimum atomic E-state index is -0.592. The molecule has 2 bridgehead atoms. The molecular weight excluding hydrogens is 324 g/mol. The van der Waals surface area contributed by atoms with E-state index in [2.05, 4.69) is 0 Å². The molecule has 1 aromatic carbocycles. The van der Waals surface area contributed by atoms with E-state index in [-0.39, 0.29) is 18.8 Å². The molecule has 7 nitrogen and oxygen atoms in total. The predicted octanol–water partition coefficient (Wildman–Crippen LogP) is 2.95. The zero-order valence-corrected chi connectivity index (χ0v) is 14.8. The summed E-state index contributed by atoms with van der Waals surface area (Å²) in [4.78, 5) is 31.8. The molecule has 0 radical (unpaired) electrons. The number of likely N-dealkylation sites (tertiary alicyclic amines) is 1. The highest BCUT2D eigenvalue weighted by Gasteiger charge is 2.45. The number of rotatable bonds is 2. The molecule has 136 valence electrons. The molecule has 2 amide bonds. The maximum absolute atomic E-state index is 12.3. The number of hydrogen-bond donors (Lipinski definition) is 0. The quantitative estimate of drug-likeness (QED) is 0.822. The lowest BCUT2D eigenvalue weighted by atomic mass is 10.1. The minimum absolute atomic E-state index is 0.210.